The van der Waals surface area contributed by atoms with E-state index in [4.69, 9.17) is 6.42 Å². The largest absolute Gasteiger partial charge is 0.305 e. The predicted molar refractivity (Wildman–Crippen MR) is 43.7 cm³/mol. The molecule has 0 heterocycles. The van der Waals surface area contributed by atoms with Crippen LogP contribution in [0.5, 0.6) is 0 Å². The normalized spacial score (nSPS) is 8.40. The van der Waals surface area contributed by atoms with Crippen LogP contribution in [0.4, 0.5) is 5.69 Å². The molecule has 0 saturated carbocycles. The van der Waals surface area contributed by atoms with Crippen LogP contribution in [0, 0.1) is 12.5 Å². The van der Waals surface area contributed by atoms with E-state index in [2.05, 4.69) is 6.04 Å². The van der Waals surface area contributed by atoms with Crippen LogP contribution in [0.25, 0.3) is 0 Å². The second-order valence-electron chi connectivity index (χ2n) is 2.02. The fraction of sp³-hybridized carbons (Fsp3) is 0.111. The van der Waals surface area contributed by atoms with E-state index in [-0.39, 0.29) is 0 Å². The Balaban J connectivity index is 2.88. The lowest BCUT2D eigenvalue weighted by molar-refractivity contribution is 1.25. The summed E-state index contributed by atoms with van der Waals surface area (Å²) in [6, 6.07) is 12.3. The summed E-state index contributed by atoms with van der Waals surface area (Å²) in [4.78, 5) is 1.74. The van der Waals surface area contributed by atoms with Crippen LogP contribution >= 0.6 is 0 Å². The second kappa shape index (κ2) is 2.93. The highest BCUT2D eigenvalue weighted by molar-refractivity contribution is 5.49. The first-order chi connectivity index (χ1) is 4.84. The smallest absolute Gasteiger partial charge is 0.0485 e. The predicted octanol–water partition coefficient (Wildman–Crippen LogP) is 1.71. The van der Waals surface area contributed by atoms with Crippen molar-refractivity contribution < 1.29 is 0 Å². The summed E-state index contributed by atoms with van der Waals surface area (Å²) in [5.74, 6) is 0. The number of anilines is 1. The highest BCUT2D eigenvalue weighted by Crippen LogP contribution is 2.08. The van der Waals surface area contributed by atoms with Crippen molar-refractivity contribution in [3.63, 3.8) is 0 Å². The van der Waals surface area contributed by atoms with Crippen LogP contribution in [-0.2, 0) is 0 Å². The van der Waals surface area contributed by atoms with Crippen molar-refractivity contribution in [2.75, 3.05) is 11.9 Å². The molecule has 50 valence electrons. The van der Waals surface area contributed by atoms with Gasteiger partial charge in [-0.1, -0.05) is 24.6 Å². The molecular formula is C9H9N. The van der Waals surface area contributed by atoms with E-state index in [0.717, 1.165) is 5.69 Å². The maximum absolute atomic E-state index is 5.18. The minimum atomic E-state index is 1.05. The van der Waals surface area contributed by atoms with E-state index in [1.807, 2.05) is 37.4 Å². The molecule has 0 aromatic heterocycles. The van der Waals surface area contributed by atoms with Crippen LogP contribution < -0.4 is 4.90 Å². The molecule has 1 aromatic carbocycles. The Hall–Kier alpha value is -1.42. The molecule has 0 aliphatic heterocycles. The average molecular weight is 131 g/mol. The molecule has 0 amide bonds. The molecule has 0 unspecified atom stereocenters. The summed E-state index contributed by atoms with van der Waals surface area (Å²) in [6.45, 7) is 0. The summed E-state index contributed by atoms with van der Waals surface area (Å²) >= 11 is 0. The van der Waals surface area contributed by atoms with E-state index in [0.29, 0.717) is 0 Å². The van der Waals surface area contributed by atoms with Gasteiger partial charge in [0.1, 0.15) is 0 Å². The third kappa shape index (κ3) is 1.29. The monoisotopic (exact) mass is 131 g/mol. The van der Waals surface area contributed by atoms with Gasteiger partial charge in [-0.2, -0.15) is 0 Å². The van der Waals surface area contributed by atoms with Crippen LogP contribution in [0.15, 0.2) is 30.3 Å². The zero-order valence-electron chi connectivity index (χ0n) is 5.91. The Labute approximate surface area is 61.3 Å². The Bertz CT molecular complexity index is 233. The van der Waals surface area contributed by atoms with Crippen molar-refractivity contribution >= 4 is 5.69 Å². The quantitative estimate of drug-likeness (QED) is 0.414. The highest BCUT2D eigenvalue weighted by atomic mass is 15.1. The average Bonchev–Trinajstić information content (AvgIpc) is 2.05. The molecule has 1 nitrogen and oxygen atoms in total. The van der Waals surface area contributed by atoms with Gasteiger partial charge >= 0.3 is 0 Å². The second-order valence-corrected chi connectivity index (χ2v) is 2.02. The fourth-order valence-electron chi connectivity index (χ4n) is 0.726. The van der Waals surface area contributed by atoms with Gasteiger partial charge < -0.3 is 4.90 Å². The number of hydrogen-bond donors (Lipinski definition) is 0. The first-order valence-electron chi connectivity index (χ1n) is 3.09. The highest BCUT2D eigenvalue weighted by Gasteiger charge is 1.91. The fourth-order valence-corrected chi connectivity index (χ4v) is 0.726. The molecule has 0 aliphatic carbocycles. The van der Waals surface area contributed by atoms with Gasteiger partial charge in [0.2, 0.25) is 0 Å². The van der Waals surface area contributed by atoms with Crippen molar-refractivity contribution in [3.05, 3.63) is 30.3 Å². The number of benzene rings is 1. The number of terminal acetylenes is 1. The topological polar surface area (TPSA) is 3.24 Å². The van der Waals surface area contributed by atoms with Crippen LogP contribution in [-0.4, -0.2) is 7.05 Å². The third-order valence-electron chi connectivity index (χ3n) is 1.34. The molecule has 0 radical (unpaired) electrons. The number of nitrogens with zero attached hydrogens (tertiary/aromatic N) is 1. The maximum Gasteiger partial charge on any atom is 0.0485 e. The Morgan fingerprint density at radius 1 is 1.30 bits per heavy atom. The maximum atomic E-state index is 5.18. The van der Waals surface area contributed by atoms with Gasteiger partial charge in [0, 0.05) is 18.8 Å². The first kappa shape index (κ1) is 6.70. The van der Waals surface area contributed by atoms with Gasteiger partial charge in [0.15, 0.2) is 0 Å². The van der Waals surface area contributed by atoms with Gasteiger partial charge in [-0.25, -0.2) is 0 Å². The standard InChI is InChI=1S/C9H9N/c1-3-10(2)9-7-5-4-6-8-9/h1,4-8H,2H3. The van der Waals surface area contributed by atoms with Crippen molar-refractivity contribution in [1.82, 2.24) is 0 Å². The van der Waals surface area contributed by atoms with Gasteiger partial charge in [0.25, 0.3) is 0 Å². The molecule has 10 heavy (non-hydrogen) atoms. The number of para-hydroxylation sites is 1. The molecule has 0 saturated heterocycles. The van der Waals surface area contributed by atoms with Crippen LogP contribution in [0.2, 0.25) is 0 Å². The SMILES string of the molecule is C#CN(C)c1ccccc1. The lowest BCUT2D eigenvalue weighted by Crippen LogP contribution is -2.06. The van der Waals surface area contributed by atoms with E-state index in [1.165, 1.54) is 0 Å². The van der Waals surface area contributed by atoms with Gasteiger partial charge in [0.05, 0.1) is 0 Å². The molecular weight excluding hydrogens is 122 g/mol. The van der Waals surface area contributed by atoms with Crippen molar-refractivity contribution in [2.24, 2.45) is 0 Å². The molecule has 0 atom stereocenters. The lowest BCUT2D eigenvalue weighted by atomic mass is 10.3. The van der Waals surface area contributed by atoms with E-state index in [9.17, 15) is 0 Å². The first-order valence-corrected chi connectivity index (χ1v) is 3.09. The molecule has 0 fully saturated rings. The minimum absolute atomic E-state index is 1.05. The summed E-state index contributed by atoms with van der Waals surface area (Å²) in [7, 11) is 1.86. The van der Waals surface area contributed by atoms with E-state index in [1.54, 1.807) is 4.90 Å². The van der Waals surface area contributed by atoms with Crippen molar-refractivity contribution in [3.8, 4) is 12.5 Å². The van der Waals surface area contributed by atoms with Gasteiger partial charge in [-0.15, -0.1) is 0 Å². The Kier molecular flexibility index (Phi) is 1.96. The number of hydrogen-bond acceptors (Lipinski definition) is 1. The van der Waals surface area contributed by atoms with E-state index >= 15 is 0 Å². The van der Waals surface area contributed by atoms with Crippen LogP contribution in [0.1, 0.15) is 0 Å². The summed E-state index contributed by atoms with van der Waals surface area (Å²) in [6.07, 6.45) is 5.18. The van der Waals surface area contributed by atoms with Crippen molar-refractivity contribution in [1.29, 1.82) is 0 Å². The molecule has 0 N–H and O–H groups in total. The zero-order chi connectivity index (χ0) is 7.40. The van der Waals surface area contributed by atoms with E-state index < -0.39 is 0 Å². The lowest BCUT2D eigenvalue weighted by Gasteiger charge is -2.08. The zero-order valence-corrected chi connectivity index (χ0v) is 5.91. The van der Waals surface area contributed by atoms with Gasteiger partial charge in [-0.3, -0.25) is 0 Å². The Morgan fingerprint density at radius 3 is 2.40 bits per heavy atom. The Morgan fingerprint density at radius 2 is 1.90 bits per heavy atom. The van der Waals surface area contributed by atoms with Gasteiger partial charge in [-0.05, 0) is 12.1 Å². The van der Waals surface area contributed by atoms with Crippen LogP contribution in [0.3, 0.4) is 0 Å². The molecule has 1 heteroatoms. The molecule has 0 spiro atoms. The van der Waals surface area contributed by atoms with Crippen molar-refractivity contribution in [2.45, 2.75) is 0 Å². The summed E-state index contributed by atoms with van der Waals surface area (Å²) in [5, 5.41) is 0. The minimum Gasteiger partial charge on any atom is -0.305 e. The molecule has 0 bridgehead atoms. The number of rotatable bonds is 1. The molecule has 0 aliphatic rings. The molecule has 1 aromatic rings. The summed E-state index contributed by atoms with van der Waals surface area (Å²) < 4.78 is 0. The summed E-state index contributed by atoms with van der Waals surface area (Å²) in [5.41, 5.74) is 1.05. The molecule has 1 rings (SSSR count). The third-order valence-corrected chi connectivity index (χ3v) is 1.34.